The van der Waals surface area contributed by atoms with Crippen molar-refractivity contribution in [1.29, 1.82) is 0 Å². The van der Waals surface area contributed by atoms with E-state index in [2.05, 4.69) is 24.3 Å². The highest BCUT2D eigenvalue weighted by atomic mass is 16.5. The van der Waals surface area contributed by atoms with Crippen LogP contribution < -0.4 is 9.64 Å². The van der Waals surface area contributed by atoms with Gasteiger partial charge in [0.05, 0.1) is 0 Å². The van der Waals surface area contributed by atoms with E-state index in [-0.39, 0.29) is 5.91 Å². The summed E-state index contributed by atoms with van der Waals surface area (Å²) in [5, 5.41) is 0. The predicted octanol–water partition coefficient (Wildman–Crippen LogP) is 4.70. The standard InChI is InChI=1S/C23H27NO2/c1-2-22(26-20-14-13-17-8-3-4-10-19(17)16-20)23(25)24-15-7-11-18-9-5-6-12-21(18)24/h5-6,9,12-14,16,22H,2-4,7-8,10-11,15H2,1H3. The lowest BCUT2D eigenvalue weighted by Crippen LogP contribution is -2.44. The van der Waals surface area contributed by atoms with Gasteiger partial charge in [0.25, 0.3) is 5.91 Å². The van der Waals surface area contributed by atoms with E-state index in [1.165, 1.54) is 29.5 Å². The van der Waals surface area contributed by atoms with Crippen molar-refractivity contribution in [2.24, 2.45) is 0 Å². The average molecular weight is 349 g/mol. The van der Waals surface area contributed by atoms with Gasteiger partial charge in [-0.2, -0.15) is 0 Å². The van der Waals surface area contributed by atoms with Gasteiger partial charge in [-0.3, -0.25) is 4.79 Å². The Morgan fingerprint density at radius 1 is 1.00 bits per heavy atom. The number of benzene rings is 2. The lowest BCUT2D eigenvalue weighted by Gasteiger charge is -2.32. The minimum atomic E-state index is -0.428. The molecule has 1 unspecified atom stereocenters. The van der Waals surface area contributed by atoms with Gasteiger partial charge in [-0.1, -0.05) is 31.2 Å². The van der Waals surface area contributed by atoms with E-state index in [9.17, 15) is 4.79 Å². The quantitative estimate of drug-likeness (QED) is 0.800. The first-order chi connectivity index (χ1) is 12.8. The number of amides is 1. The molecule has 0 fully saturated rings. The Labute approximate surface area is 156 Å². The summed E-state index contributed by atoms with van der Waals surface area (Å²) in [6, 6.07) is 14.6. The third-order valence-electron chi connectivity index (χ3n) is 5.62. The number of hydrogen-bond acceptors (Lipinski definition) is 2. The van der Waals surface area contributed by atoms with Crippen LogP contribution in [-0.2, 0) is 24.1 Å². The summed E-state index contributed by atoms with van der Waals surface area (Å²) in [5.41, 5.74) is 5.14. The van der Waals surface area contributed by atoms with Gasteiger partial charge in [-0.25, -0.2) is 0 Å². The highest BCUT2D eigenvalue weighted by molar-refractivity contribution is 5.97. The molecule has 0 saturated carbocycles. The van der Waals surface area contributed by atoms with Crippen molar-refractivity contribution in [2.75, 3.05) is 11.4 Å². The lowest BCUT2D eigenvalue weighted by atomic mass is 9.92. The Morgan fingerprint density at radius 3 is 2.62 bits per heavy atom. The third kappa shape index (κ3) is 3.35. The van der Waals surface area contributed by atoms with Gasteiger partial charge in [-0.15, -0.1) is 0 Å². The molecule has 1 heterocycles. The molecule has 3 heteroatoms. The fraction of sp³-hybridized carbons (Fsp3) is 0.435. The van der Waals surface area contributed by atoms with Gasteiger partial charge in [-0.05, 0) is 79.8 Å². The Morgan fingerprint density at radius 2 is 1.77 bits per heavy atom. The second-order valence-corrected chi connectivity index (χ2v) is 7.37. The van der Waals surface area contributed by atoms with Crippen molar-refractivity contribution in [3.05, 3.63) is 59.2 Å². The van der Waals surface area contributed by atoms with E-state index < -0.39 is 6.10 Å². The van der Waals surface area contributed by atoms with Crippen LogP contribution in [-0.4, -0.2) is 18.6 Å². The van der Waals surface area contributed by atoms with Gasteiger partial charge in [0.1, 0.15) is 5.75 Å². The number of aryl methyl sites for hydroxylation is 3. The first kappa shape index (κ1) is 17.1. The van der Waals surface area contributed by atoms with Crippen molar-refractivity contribution in [2.45, 2.75) is 58.0 Å². The zero-order chi connectivity index (χ0) is 17.9. The zero-order valence-electron chi connectivity index (χ0n) is 15.5. The summed E-state index contributed by atoms with van der Waals surface area (Å²) in [7, 11) is 0. The maximum Gasteiger partial charge on any atom is 0.268 e. The molecule has 2 aromatic carbocycles. The van der Waals surface area contributed by atoms with E-state index in [4.69, 9.17) is 4.74 Å². The van der Waals surface area contributed by atoms with Crippen molar-refractivity contribution >= 4 is 11.6 Å². The van der Waals surface area contributed by atoms with Gasteiger partial charge in [0, 0.05) is 12.2 Å². The molecule has 0 aromatic heterocycles. The summed E-state index contributed by atoms with van der Waals surface area (Å²) in [5.74, 6) is 0.911. The number of rotatable bonds is 4. The van der Waals surface area contributed by atoms with E-state index in [0.29, 0.717) is 6.42 Å². The predicted molar refractivity (Wildman–Crippen MR) is 105 cm³/mol. The maximum absolute atomic E-state index is 13.2. The molecule has 3 nitrogen and oxygen atoms in total. The van der Waals surface area contributed by atoms with Crippen LogP contribution in [0.4, 0.5) is 5.69 Å². The molecule has 0 bridgehead atoms. The fourth-order valence-corrected chi connectivity index (χ4v) is 4.19. The molecule has 1 aliphatic heterocycles. The molecule has 1 atom stereocenters. The van der Waals surface area contributed by atoms with Gasteiger partial charge < -0.3 is 9.64 Å². The van der Waals surface area contributed by atoms with E-state index in [1.807, 2.05) is 30.0 Å². The molecular weight excluding hydrogens is 322 g/mol. The molecular formula is C23H27NO2. The van der Waals surface area contributed by atoms with Crippen LogP contribution in [0, 0.1) is 0 Å². The molecule has 0 radical (unpaired) electrons. The van der Waals surface area contributed by atoms with Crippen LogP contribution in [0.5, 0.6) is 5.75 Å². The molecule has 4 rings (SSSR count). The van der Waals surface area contributed by atoms with Gasteiger partial charge in [0.2, 0.25) is 0 Å². The van der Waals surface area contributed by atoms with Crippen LogP contribution in [0.2, 0.25) is 0 Å². The first-order valence-electron chi connectivity index (χ1n) is 9.94. The zero-order valence-corrected chi connectivity index (χ0v) is 15.5. The van der Waals surface area contributed by atoms with Crippen LogP contribution in [0.1, 0.15) is 49.3 Å². The van der Waals surface area contributed by atoms with Gasteiger partial charge in [0.15, 0.2) is 6.10 Å². The molecule has 0 N–H and O–H groups in total. The average Bonchev–Trinajstić information content (AvgIpc) is 2.71. The summed E-state index contributed by atoms with van der Waals surface area (Å²) in [6.45, 7) is 2.80. The van der Waals surface area contributed by atoms with Crippen molar-refractivity contribution in [1.82, 2.24) is 0 Å². The second kappa shape index (κ2) is 7.53. The number of fused-ring (bicyclic) bond motifs is 2. The number of nitrogens with zero attached hydrogens (tertiary/aromatic N) is 1. The smallest absolute Gasteiger partial charge is 0.268 e. The summed E-state index contributed by atoms with van der Waals surface area (Å²) in [4.78, 5) is 15.1. The second-order valence-electron chi connectivity index (χ2n) is 7.37. The highest BCUT2D eigenvalue weighted by Crippen LogP contribution is 2.29. The van der Waals surface area contributed by atoms with E-state index in [0.717, 1.165) is 43.7 Å². The normalized spacial score (nSPS) is 17.2. The Hall–Kier alpha value is -2.29. The molecule has 2 aliphatic rings. The highest BCUT2D eigenvalue weighted by Gasteiger charge is 2.29. The minimum absolute atomic E-state index is 0.0809. The van der Waals surface area contributed by atoms with Crippen molar-refractivity contribution < 1.29 is 9.53 Å². The third-order valence-corrected chi connectivity index (χ3v) is 5.62. The van der Waals surface area contributed by atoms with Crippen LogP contribution in [0.3, 0.4) is 0 Å². The van der Waals surface area contributed by atoms with Crippen LogP contribution >= 0.6 is 0 Å². The Kier molecular flexibility index (Phi) is 4.96. The molecule has 26 heavy (non-hydrogen) atoms. The monoisotopic (exact) mass is 349 g/mol. The van der Waals surface area contributed by atoms with E-state index >= 15 is 0 Å². The number of carbonyl (C=O) groups excluding carboxylic acids is 1. The number of ether oxygens (including phenoxy) is 1. The molecule has 1 aliphatic carbocycles. The topological polar surface area (TPSA) is 29.5 Å². The van der Waals surface area contributed by atoms with Crippen molar-refractivity contribution in [3.63, 3.8) is 0 Å². The van der Waals surface area contributed by atoms with Crippen LogP contribution in [0.15, 0.2) is 42.5 Å². The molecule has 2 aromatic rings. The number of hydrogen-bond donors (Lipinski definition) is 0. The van der Waals surface area contributed by atoms with E-state index in [1.54, 1.807) is 0 Å². The number of carbonyl (C=O) groups is 1. The minimum Gasteiger partial charge on any atom is -0.481 e. The largest absolute Gasteiger partial charge is 0.481 e. The lowest BCUT2D eigenvalue weighted by molar-refractivity contribution is -0.125. The molecule has 0 saturated heterocycles. The Balaban J connectivity index is 1.53. The Bertz CT molecular complexity index is 799. The number of para-hydroxylation sites is 1. The SMILES string of the molecule is CCC(Oc1ccc2c(c1)CCCC2)C(=O)N1CCCc2ccccc21. The molecule has 136 valence electrons. The maximum atomic E-state index is 13.2. The summed E-state index contributed by atoms with van der Waals surface area (Å²) < 4.78 is 6.17. The summed E-state index contributed by atoms with van der Waals surface area (Å²) >= 11 is 0. The van der Waals surface area contributed by atoms with Gasteiger partial charge >= 0.3 is 0 Å². The fourth-order valence-electron chi connectivity index (χ4n) is 4.19. The van der Waals surface area contributed by atoms with Crippen LogP contribution in [0.25, 0.3) is 0 Å². The summed E-state index contributed by atoms with van der Waals surface area (Å²) in [6.07, 6.45) is 7.11. The first-order valence-corrected chi connectivity index (χ1v) is 9.94. The molecule has 1 amide bonds. The number of anilines is 1. The molecule has 0 spiro atoms. The van der Waals surface area contributed by atoms with Crippen molar-refractivity contribution in [3.8, 4) is 5.75 Å².